The van der Waals surface area contributed by atoms with Gasteiger partial charge in [-0.2, -0.15) is 0 Å². The van der Waals surface area contributed by atoms with E-state index in [0.717, 1.165) is 59.0 Å². The number of pyridine rings is 1. The number of benzene rings is 3. The van der Waals surface area contributed by atoms with E-state index >= 15 is 0 Å². The number of ether oxygens (including phenoxy) is 1. The summed E-state index contributed by atoms with van der Waals surface area (Å²) in [4.78, 5) is 19.4. The molecule has 0 amide bonds. The number of methoxy groups -OCH3 is 1. The van der Waals surface area contributed by atoms with Gasteiger partial charge in [-0.1, -0.05) is 73.9 Å². The van der Waals surface area contributed by atoms with Crippen molar-refractivity contribution in [3.63, 3.8) is 0 Å². The maximum atomic E-state index is 13.9. The number of fused-ring (bicyclic) bond motifs is 1. The van der Waals surface area contributed by atoms with Crippen LogP contribution in [0.4, 0.5) is 0 Å². The van der Waals surface area contributed by atoms with Gasteiger partial charge >= 0.3 is 0 Å². The standard InChI is InChI=1S/C33H36N6O2/c1-23-13-16-26-20-29(33(40)34-30(26)19-23)31(32-35-36-37-39(32)27-11-7-4-8-12-27)38(21-24-9-5-3-6-10-24)22-25-14-17-28(41-2)18-15-25/h3,5-6,9-10,13-20,27,31H,4,7-8,11-12,21-22H2,1-2H3,(H,34,40)/t31-/m1/s1. The second-order valence-electron chi connectivity index (χ2n) is 11.1. The molecule has 5 aromatic rings. The van der Waals surface area contributed by atoms with Crippen molar-refractivity contribution in [1.82, 2.24) is 30.1 Å². The lowest BCUT2D eigenvalue weighted by atomic mass is 9.95. The predicted molar refractivity (Wildman–Crippen MR) is 160 cm³/mol. The Morgan fingerprint density at radius 3 is 2.41 bits per heavy atom. The highest BCUT2D eigenvalue weighted by Crippen LogP contribution is 2.34. The van der Waals surface area contributed by atoms with E-state index in [1.54, 1.807) is 7.11 Å². The third-order valence-electron chi connectivity index (χ3n) is 8.15. The summed E-state index contributed by atoms with van der Waals surface area (Å²) < 4.78 is 7.40. The molecule has 8 heteroatoms. The van der Waals surface area contributed by atoms with Crippen molar-refractivity contribution in [2.45, 2.75) is 64.2 Å². The molecule has 1 N–H and O–H groups in total. The molecule has 1 saturated carbocycles. The van der Waals surface area contributed by atoms with Gasteiger partial charge in [0.2, 0.25) is 0 Å². The molecule has 2 heterocycles. The van der Waals surface area contributed by atoms with Crippen molar-refractivity contribution >= 4 is 10.9 Å². The van der Waals surface area contributed by atoms with Gasteiger partial charge < -0.3 is 9.72 Å². The summed E-state index contributed by atoms with van der Waals surface area (Å²) in [5.41, 5.74) is 4.70. The van der Waals surface area contributed by atoms with Crippen LogP contribution in [0.5, 0.6) is 5.75 Å². The molecule has 0 unspecified atom stereocenters. The van der Waals surface area contributed by atoms with Gasteiger partial charge in [0, 0.05) is 24.2 Å². The zero-order valence-corrected chi connectivity index (χ0v) is 23.7. The highest BCUT2D eigenvalue weighted by molar-refractivity contribution is 5.79. The molecule has 6 rings (SSSR count). The second kappa shape index (κ2) is 12.1. The Morgan fingerprint density at radius 1 is 0.951 bits per heavy atom. The third kappa shape index (κ3) is 5.93. The summed E-state index contributed by atoms with van der Waals surface area (Å²) >= 11 is 0. The number of aryl methyl sites for hydroxylation is 1. The van der Waals surface area contributed by atoms with Crippen LogP contribution in [0.25, 0.3) is 10.9 Å². The highest BCUT2D eigenvalue weighted by Gasteiger charge is 2.33. The molecule has 1 aliphatic rings. The monoisotopic (exact) mass is 548 g/mol. The molecule has 41 heavy (non-hydrogen) atoms. The number of hydrogen-bond donors (Lipinski definition) is 1. The number of nitrogens with zero attached hydrogens (tertiary/aromatic N) is 5. The Kier molecular flexibility index (Phi) is 7.91. The van der Waals surface area contributed by atoms with Crippen LogP contribution in [0.15, 0.2) is 83.7 Å². The molecule has 0 spiro atoms. The van der Waals surface area contributed by atoms with E-state index in [4.69, 9.17) is 4.74 Å². The first kappa shape index (κ1) is 26.9. The van der Waals surface area contributed by atoms with Gasteiger partial charge in [-0.3, -0.25) is 9.69 Å². The molecule has 1 atom stereocenters. The Bertz CT molecular complexity index is 1660. The van der Waals surface area contributed by atoms with E-state index < -0.39 is 6.04 Å². The lowest BCUT2D eigenvalue weighted by molar-refractivity contribution is 0.186. The molecule has 8 nitrogen and oxygen atoms in total. The summed E-state index contributed by atoms with van der Waals surface area (Å²) in [6, 6.07) is 26.4. The van der Waals surface area contributed by atoms with Crippen molar-refractivity contribution in [2.75, 3.05) is 7.11 Å². The maximum Gasteiger partial charge on any atom is 0.253 e. The van der Waals surface area contributed by atoms with Crippen LogP contribution in [0, 0.1) is 6.92 Å². The van der Waals surface area contributed by atoms with Crippen LogP contribution in [0.3, 0.4) is 0 Å². The molecular weight excluding hydrogens is 512 g/mol. The van der Waals surface area contributed by atoms with E-state index in [-0.39, 0.29) is 11.6 Å². The number of tetrazole rings is 1. The van der Waals surface area contributed by atoms with Gasteiger partial charge in [-0.05, 0) is 76.5 Å². The zero-order chi connectivity index (χ0) is 28.2. The summed E-state index contributed by atoms with van der Waals surface area (Å²) in [6.45, 7) is 3.23. The van der Waals surface area contributed by atoms with Gasteiger partial charge in [-0.25, -0.2) is 4.68 Å². The van der Waals surface area contributed by atoms with E-state index in [1.165, 1.54) is 6.42 Å². The Labute approximate surface area is 240 Å². The number of H-pyrrole nitrogens is 1. The van der Waals surface area contributed by atoms with Crippen molar-refractivity contribution < 1.29 is 4.74 Å². The molecular formula is C33H36N6O2. The van der Waals surface area contributed by atoms with E-state index in [0.29, 0.717) is 24.5 Å². The van der Waals surface area contributed by atoms with Crippen LogP contribution >= 0.6 is 0 Å². The predicted octanol–water partition coefficient (Wildman–Crippen LogP) is 6.13. The van der Waals surface area contributed by atoms with Crippen molar-refractivity contribution in [3.05, 3.63) is 117 Å². The van der Waals surface area contributed by atoms with Crippen molar-refractivity contribution in [1.29, 1.82) is 0 Å². The van der Waals surface area contributed by atoms with Crippen molar-refractivity contribution in [3.8, 4) is 5.75 Å². The first-order valence-corrected chi connectivity index (χ1v) is 14.4. The van der Waals surface area contributed by atoms with Gasteiger partial charge in [-0.15, -0.1) is 5.10 Å². The quantitative estimate of drug-likeness (QED) is 0.238. The molecule has 0 saturated heterocycles. The second-order valence-corrected chi connectivity index (χ2v) is 11.1. The molecule has 1 fully saturated rings. The molecule has 0 aliphatic heterocycles. The van der Waals surface area contributed by atoms with Gasteiger partial charge in [0.25, 0.3) is 5.56 Å². The lowest BCUT2D eigenvalue weighted by Crippen LogP contribution is -2.35. The summed E-state index contributed by atoms with van der Waals surface area (Å²) in [5.74, 6) is 1.51. The molecule has 1 aliphatic carbocycles. The minimum Gasteiger partial charge on any atom is -0.497 e. The third-order valence-corrected chi connectivity index (χ3v) is 8.15. The Balaban J connectivity index is 1.51. The maximum absolute atomic E-state index is 13.9. The lowest BCUT2D eigenvalue weighted by Gasteiger charge is -2.33. The van der Waals surface area contributed by atoms with Crippen LogP contribution in [-0.2, 0) is 13.1 Å². The fourth-order valence-corrected chi connectivity index (χ4v) is 6.02. The van der Waals surface area contributed by atoms with Crippen LogP contribution in [0.2, 0.25) is 0 Å². The molecule has 0 bridgehead atoms. The van der Waals surface area contributed by atoms with Crippen LogP contribution < -0.4 is 10.3 Å². The average Bonchev–Trinajstić information content (AvgIpc) is 3.48. The van der Waals surface area contributed by atoms with Gasteiger partial charge in [0.15, 0.2) is 5.82 Å². The first-order chi connectivity index (χ1) is 20.1. The van der Waals surface area contributed by atoms with Gasteiger partial charge in [0.05, 0.1) is 13.2 Å². The molecule has 2 aromatic heterocycles. The SMILES string of the molecule is COc1ccc(CN(Cc2ccccc2)[C@H](c2cc3ccc(C)cc3[nH]c2=O)c2nnnn2C2CCCCC2)cc1. The fraction of sp³-hybridized carbons (Fsp3) is 0.333. The highest BCUT2D eigenvalue weighted by atomic mass is 16.5. The zero-order valence-electron chi connectivity index (χ0n) is 23.7. The minimum atomic E-state index is -0.469. The number of nitrogens with one attached hydrogen (secondary N) is 1. The van der Waals surface area contributed by atoms with Crippen LogP contribution in [-0.4, -0.2) is 37.2 Å². The number of aromatic amines is 1. The summed E-state index contributed by atoms with van der Waals surface area (Å²) in [6.07, 6.45) is 5.62. The van der Waals surface area contributed by atoms with E-state index in [2.05, 4.69) is 61.8 Å². The summed E-state index contributed by atoms with van der Waals surface area (Å²) in [7, 11) is 1.67. The number of hydrogen-bond acceptors (Lipinski definition) is 6. The van der Waals surface area contributed by atoms with Crippen molar-refractivity contribution in [2.24, 2.45) is 0 Å². The van der Waals surface area contributed by atoms with E-state index in [1.807, 2.05) is 54.1 Å². The summed E-state index contributed by atoms with van der Waals surface area (Å²) in [5, 5.41) is 14.3. The number of aromatic nitrogens is 5. The fourth-order valence-electron chi connectivity index (χ4n) is 6.02. The van der Waals surface area contributed by atoms with Gasteiger partial charge in [0.1, 0.15) is 11.8 Å². The largest absolute Gasteiger partial charge is 0.497 e. The Hall–Kier alpha value is -4.30. The topological polar surface area (TPSA) is 88.9 Å². The molecule has 0 radical (unpaired) electrons. The molecule has 210 valence electrons. The van der Waals surface area contributed by atoms with E-state index in [9.17, 15) is 4.79 Å². The normalized spacial score (nSPS) is 14.9. The smallest absolute Gasteiger partial charge is 0.253 e. The number of rotatable bonds is 9. The molecule has 3 aromatic carbocycles. The first-order valence-electron chi connectivity index (χ1n) is 14.4. The minimum absolute atomic E-state index is 0.126. The average molecular weight is 549 g/mol. The Morgan fingerprint density at radius 2 is 1.68 bits per heavy atom. The van der Waals surface area contributed by atoms with Crippen LogP contribution in [0.1, 0.15) is 72.3 Å².